The van der Waals surface area contributed by atoms with Crippen molar-refractivity contribution in [1.29, 1.82) is 0 Å². The molecule has 4 heteroatoms. The molecule has 0 radical (unpaired) electrons. The summed E-state index contributed by atoms with van der Waals surface area (Å²) in [5.41, 5.74) is 3.95. The van der Waals surface area contributed by atoms with Crippen LogP contribution >= 0.6 is 9.69 Å². The van der Waals surface area contributed by atoms with E-state index in [9.17, 15) is 0 Å². The van der Waals surface area contributed by atoms with Crippen LogP contribution in [0, 0.1) is 6.33 Å². The summed E-state index contributed by atoms with van der Waals surface area (Å²) in [7, 11) is 4.76. The first-order valence-electron chi connectivity index (χ1n) is 6.42. The molecule has 1 aromatic carbocycles. The van der Waals surface area contributed by atoms with Gasteiger partial charge in [-0.1, -0.05) is 69.4 Å². The van der Waals surface area contributed by atoms with Crippen molar-refractivity contribution >= 4 is 9.69 Å². The van der Waals surface area contributed by atoms with E-state index in [-0.39, 0.29) is 0 Å². The minimum absolute atomic E-state index is 0.500. The number of hydrogen-bond donors (Lipinski definition) is 0. The van der Waals surface area contributed by atoms with Gasteiger partial charge in [-0.3, -0.25) is 0 Å². The molecule has 2 rings (SSSR count). The second-order valence-corrected chi connectivity index (χ2v) is 4.99. The topological polar surface area (TPSA) is 17.8 Å². The van der Waals surface area contributed by atoms with Crippen molar-refractivity contribution < 1.29 is 17.3 Å². The van der Waals surface area contributed by atoms with E-state index in [1.807, 2.05) is 10.8 Å². The van der Waals surface area contributed by atoms with E-state index >= 15 is 0 Å². The summed E-state index contributed by atoms with van der Waals surface area (Å²) >= 11 is 0.847. The first kappa shape index (κ1) is 16.4. The van der Waals surface area contributed by atoms with Gasteiger partial charge in [0.2, 0.25) is 0 Å². The standard InChI is InChI=1S/C15H19N2.ClH.Zn/c1-11(2)13-6-5-7-14(12(3)4)15(13)17-9-8-16-10-17;;/h5-9,11-12H,1-4H3;1H;/q-1;;+2/p-1. The number of nitrogens with zero attached hydrogens (tertiary/aromatic N) is 2. The van der Waals surface area contributed by atoms with Crippen molar-refractivity contribution in [2.45, 2.75) is 39.5 Å². The fourth-order valence-corrected chi connectivity index (χ4v) is 2.14. The Morgan fingerprint density at radius 2 is 1.63 bits per heavy atom. The number of para-hydroxylation sites is 1. The minimum atomic E-state index is 0.500. The molecule has 0 bridgehead atoms. The molecular formula is C15H19ClN2Zn. The molecule has 0 atom stereocenters. The number of aromatic nitrogens is 2. The summed E-state index contributed by atoms with van der Waals surface area (Å²) in [5, 5.41) is 0. The summed E-state index contributed by atoms with van der Waals surface area (Å²) in [6, 6.07) is 6.53. The predicted molar refractivity (Wildman–Crippen MR) is 76.4 cm³/mol. The molecule has 0 spiro atoms. The molecule has 0 unspecified atom stereocenters. The van der Waals surface area contributed by atoms with Gasteiger partial charge in [0.05, 0.1) is 0 Å². The van der Waals surface area contributed by atoms with Crippen molar-refractivity contribution in [3.63, 3.8) is 0 Å². The van der Waals surface area contributed by atoms with Crippen LogP contribution in [0.1, 0.15) is 50.7 Å². The molecule has 2 aromatic rings. The van der Waals surface area contributed by atoms with Gasteiger partial charge in [-0.2, -0.15) is 0 Å². The van der Waals surface area contributed by atoms with Gasteiger partial charge in [0.15, 0.2) is 0 Å². The summed E-state index contributed by atoms with van der Waals surface area (Å²) in [5.74, 6) is 0.999. The van der Waals surface area contributed by atoms with E-state index in [1.165, 1.54) is 16.8 Å². The number of halogens is 1. The number of imidazole rings is 1. The van der Waals surface area contributed by atoms with E-state index in [0.717, 1.165) is 17.3 Å². The number of hydrogen-bond acceptors (Lipinski definition) is 1. The van der Waals surface area contributed by atoms with Crippen molar-refractivity contribution in [2.75, 3.05) is 0 Å². The van der Waals surface area contributed by atoms with Crippen molar-refractivity contribution in [3.05, 3.63) is 48.0 Å². The normalized spacial score (nSPS) is 10.6. The quantitative estimate of drug-likeness (QED) is 0.594. The summed E-state index contributed by atoms with van der Waals surface area (Å²) in [6.07, 6.45) is 6.76. The Balaban J connectivity index is 0.000000861. The van der Waals surface area contributed by atoms with Crippen LogP contribution in [0.5, 0.6) is 0 Å². The third-order valence-corrected chi connectivity index (χ3v) is 3.04. The zero-order valence-corrected chi connectivity index (χ0v) is 15.7. The molecule has 98 valence electrons. The second-order valence-electron chi connectivity index (χ2n) is 4.99. The molecule has 2 nitrogen and oxygen atoms in total. The molecule has 0 aliphatic rings. The number of rotatable bonds is 3. The van der Waals surface area contributed by atoms with Crippen LogP contribution < -0.4 is 0 Å². The predicted octanol–water partition coefficient (Wildman–Crippen LogP) is 4.61. The average Bonchev–Trinajstić information content (AvgIpc) is 2.93. The molecule has 0 aliphatic heterocycles. The van der Waals surface area contributed by atoms with Gasteiger partial charge < -0.3 is 9.55 Å². The molecule has 0 aliphatic carbocycles. The molecule has 0 saturated heterocycles. The van der Waals surface area contributed by atoms with Crippen LogP contribution in [0.4, 0.5) is 0 Å². The maximum absolute atomic E-state index is 4.76. The monoisotopic (exact) mass is 326 g/mol. The fourth-order valence-electron chi connectivity index (χ4n) is 2.14. The maximum atomic E-state index is 4.76. The molecule has 0 fully saturated rings. The Bertz CT molecular complexity index is 467. The Labute approximate surface area is 129 Å². The summed E-state index contributed by atoms with van der Waals surface area (Å²) < 4.78 is 2.00. The molecule has 0 saturated carbocycles. The van der Waals surface area contributed by atoms with E-state index in [0.29, 0.717) is 11.8 Å². The van der Waals surface area contributed by atoms with Crippen molar-refractivity contribution in [3.8, 4) is 5.69 Å². The zero-order chi connectivity index (χ0) is 14.4. The Morgan fingerprint density at radius 3 is 2.00 bits per heavy atom. The van der Waals surface area contributed by atoms with Crippen LogP contribution in [-0.4, -0.2) is 9.55 Å². The molecule has 0 N–H and O–H groups in total. The molecular weight excluding hydrogens is 309 g/mol. The third-order valence-electron chi connectivity index (χ3n) is 3.04. The van der Waals surface area contributed by atoms with E-state index in [2.05, 4.69) is 57.2 Å². The molecule has 1 heterocycles. The average molecular weight is 328 g/mol. The zero-order valence-electron chi connectivity index (χ0n) is 12.0. The van der Waals surface area contributed by atoms with Crippen molar-refractivity contribution in [1.82, 2.24) is 9.55 Å². The summed E-state index contributed by atoms with van der Waals surface area (Å²) in [6.45, 7) is 8.89. The van der Waals surface area contributed by atoms with Gasteiger partial charge in [-0.15, -0.1) is 0 Å². The van der Waals surface area contributed by atoms with Gasteiger partial charge in [0.25, 0.3) is 0 Å². The van der Waals surface area contributed by atoms with E-state index in [1.54, 1.807) is 6.20 Å². The Morgan fingerprint density at radius 1 is 1.11 bits per heavy atom. The van der Waals surface area contributed by atoms with Crippen molar-refractivity contribution in [2.24, 2.45) is 0 Å². The second kappa shape index (κ2) is 7.82. The van der Waals surface area contributed by atoms with E-state index in [4.69, 9.17) is 9.69 Å². The molecule has 19 heavy (non-hydrogen) atoms. The van der Waals surface area contributed by atoms with Gasteiger partial charge in [-0.25, -0.2) is 0 Å². The van der Waals surface area contributed by atoms with Crippen LogP contribution in [0.3, 0.4) is 0 Å². The molecule has 1 aromatic heterocycles. The van der Waals surface area contributed by atoms with Gasteiger partial charge in [0, 0.05) is 6.33 Å². The van der Waals surface area contributed by atoms with E-state index < -0.39 is 0 Å². The Hall–Kier alpha value is -0.657. The van der Waals surface area contributed by atoms with Crippen LogP contribution in [0.2, 0.25) is 0 Å². The van der Waals surface area contributed by atoms with Crippen LogP contribution in [-0.2, 0) is 17.3 Å². The van der Waals surface area contributed by atoms with Crippen LogP contribution in [0.15, 0.2) is 30.6 Å². The van der Waals surface area contributed by atoms with Gasteiger partial charge >= 0.3 is 27.0 Å². The third kappa shape index (κ3) is 3.90. The van der Waals surface area contributed by atoms with Gasteiger partial charge in [-0.05, 0) is 17.5 Å². The first-order valence-corrected chi connectivity index (χ1v) is 10.3. The summed E-state index contributed by atoms with van der Waals surface area (Å²) in [4.78, 5) is 4.04. The van der Waals surface area contributed by atoms with Crippen LogP contribution in [0.25, 0.3) is 5.69 Å². The Kier molecular flexibility index (Phi) is 6.75. The van der Waals surface area contributed by atoms with Gasteiger partial charge in [0.1, 0.15) is 0 Å². The fraction of sp³-hybridized carbons (Fsp3) is 0.400. The molecule has 0 amide bonds. The number of benzene rings is 1. The first-order chi connectivity index (χ1) is 9.11. The SMILES string of the molecule is CC(C)c1cccc(C(C)C)c1-n1[c-]ncc1.[Cl][Zn+].